The van der Waals surface area contributed by atoms with Gasteiger partial charge < -0.3 is 5.11 Å². The molecule has 1 rings (SSSR count). The minimum absolute atomic E-state index is 0.0332. The van der Waals surface area contributed by atoms with Gasteiger partial charge in [-0.1, -0.05) is 29.3 Å². The van der Waals surface area contributed by atoms with Crippen LogP contribution in [0.2, 0.25) is 0 Å². The fraction of sp³-hybridized carbons (Fsp3) is 0.182. The first-order valence-electron chi connectivity index (χ1n) is 4.79. The summed E-state index contributed by atoms with van der Waals surface area (Å²) in [6, 6.07) is 3.90. The van der Waals surface area contributed by atoms with Gasteiger partial charge in [-0.15, -0.1) is 0 Å². The highest BCUT2D eigenvalue weighted by atomic mass is 35.5. The largest absolute Gasteiger partial charge is 0.478 e. The van der Waals surface area contributed by atoms with Gasteiger partial charge in [0.05, 0.1) is 16.2 Å². The molecule has 0 aliphatic heterocycles. The van der Waals surface area contributed by atoms with Gasteiger partial charge in [0, 0.05) is 10.6 Å². The van der Waals surface area contributed by atoms with Gasteiger partial charge in [-0.05, 0) is 24.6 Å². The molecule has 1 aromatic carbocycles. The maximum Gasteiger partial charge on any atom is 0.335 e. The Hall–Kier alpha value is -1.04. The molecule has 0 aliphatic rings. The van der Waals surface area contributed by atoms with E-state index in [1.165, 1.54) is 12.1 Å². The number of rotatable bonds is 4. The number of sulfone groups is 1. The molecule has 0 aliphatic carbocycles. The number of aromatic carboxylic acids is 1. The molecule has 1 N–H and O–H groups in total. The van der Waals surface area contributed by atoms with E-state index in [2.05, 4.69) is 0 Å². The third-order valence-corrected chi connectivity index (χ3v) is 4.68. The lowest BCUT2D eigenvalue weighted by Crippen LogP contribution is -2.09. The van der Waals surface area contributed by atoms with E-state index in [-0.39, 0.29) is 15.5 Å². The quantitative estimate of drug-likeness (QED) is 0.928. The number of aryl methyl sites for hydroxylation is 1. The minimum atomic E-state index is -3.69. The number of benzene rings is 1. The number of halogens is 2. The third-order valence-electron chi connectivity index (χ3n) is 2.24. The monoisotopic (exact) mass is 308 g/mol. The van der Waals surface area contributed by atoms with Crippen LogP contribution in [0.1, 0.15) is 15.9 Å². The summed E-state index contributed by atoms with van der Waals surface area (Å²) in [4.78, 5) is 10.8. The smallest absolute Gasteiger partial charge is 0.335 e. The molecule has 0 aromatic heterocycles. The van der Waals surface area contributed by atoms with Gasteiger partial charge >= 0.3 is 5.97 Å². The summed E-state index contributed by atoms with van der Waals surface area (Å²) in [6.07, 6.45) is 0. The first-order chi connectivity index (χ1) is 8.27. The van der Waals surface area contributed by atoms with Crippen LogP contribution in [-0.2, 0) is 9.84 Å². The normalized spacial score (nSPS) is 12.5. The van der Waals surface area contributed by atoms with Crippen molar-refractivity contribution in [2.75, 3.05) is 5.75 Å². The second kappa shape index (κ2) is 5.73. The minimum Gasteiger partial charge on any atom is -0.478 e. The second-order valence-electron chi connectivity index (χ2n) is 3.60. The highest BCUT2D eigenvalue weighted by Gasteiger charge is 2.19. The van der Waals surface area contributed by atoms with Crippen molar-refractivity contribution in [2.24, 2.45) is 0 Å². The molecule has 0 fully saturated rings. The van der Waals surface area contributed by atoms with Crippen LogP contribution in [-0.4, -0.2) is 25.2 Å². The van der Waals surface area contributed by atoms with Gasteiger partial charge in [-0.25, -0.2) is 13.2 Å². The van der Waals surface area contributed by atoms with Crippen molar-refractivity contribution in [1.82, 2.24) is 0 Å². The Morgan fingerprint density at radius 3 is 2.56 bits per heavy atom. The van der Waals surface area contributed by atoms with Crippen molar-refractivity contribution < 1.29 is 18.3 Å². The summed E-state index contributed by atoms with van der Waals surface area (Å²) in [7, 11) is -3.69. The van der Waals surface area contributed by atoms with Crippen LogP contribution < -0.4 is 0 Å². The molecule has 4 nitrogen and oxygen atoms in total. The molecule has 0 saturated heterocycles. The predicted molar refractivity (Wildman–Crippen MR) is 70.0 cm³/mol. The zero-order valence-electron chi connectivity index (χ0n) is 9.35. The lowest BCUT2D eigenvalue weighted by Gasteiger charge is -2.06. The maximum atomic E-state index is 11.9. The standard InChI is InChI=1S/C11H10Cl2O4S/c1-7-2-3-9(4-10(7)11(14)15)18(16,17)6-8(13)5-12/h2-5H,6H2,1H3,(H,14,15). The third kappa shape index (κ3) is 3.48. The van der Waals surface area contributed by atoms with Crippen molar-refractivity contribution in [3.63, 3.8) is 0 Å². The lowest BCUT2D eigenvalue weighted by atomic mass is 10.1. The Kier molecular flexibility index (Phi) is 4.78. The van der Waals surface area contributed by atoms with Crippen LogP contribution in [0.25, 0.3) is 0 Å². The molecule has 1 aromatic rings. The first kappa shape index (κ1) is 15.0. The van der Waals surface area contributed by atoms with Gasteiger partial charge in [0.2, 0.25) is 0 Å². The molecule has 0 bridgehead atoms. The highest BCUT2D eigenvalue weighted by Crippen LogP contribution is 2.20. The van der Waals surface area contributed by atoms with Crippen molar-refractivity contribution in [2.45, 2.75) is 11.8 Å². The van der Waals surface area contributed by atoms with Crippen molar-refractivity contribution >= 4 is 39.0 Å². The Morgan fingerprint density at radius 2 is 2.06 bits per heavy atom. The van der Waals surface area contributed by atoms with Crippen LogP contribution >= 0.6 is 23.2 Å². The van der Waals surface area contributed by atoms with E-state index in [9.17, 15) is 13.2 Å². The lowest BCUT2D eigenvalue weighted by molar-refractivity contribution is 0.0696. The molecule has 0 amide bonds. The number of carboxylic acids is 1. The van der Waals surface area contributed by atoms with Gasteiger partial charge in [0.1, 0.15) is 0 Å². The fourth-order valence-corrected chi connectivity index (χ4v) is 3.11. The first-order valence-corrected chi connectivity index (χ1v) is 7.26. The molecule has 0 spiro atoms. The Bertz CT molecular complexity index is 605. The summed E-state index contributed by atoms with van der Waals surface area (Å²) >= 11 is 10.9. The summed E-state index contributed by atoms with van der Waals surface area (Å²) in [5.74, 6) is -1.64. The zero-order chi connectivity index (χ0) is 13.9. The molecule has 7 heteroatoms. The molecular weight excluding hydrogens is 299 g/mol. The average Bonchev–Trinajstić information content (AvgIpc) is 2.28. The molecule has 0 heterocycles. The van der Waals surface area contributed by atoms with Crippen LogP contribution in [0.15, 0.2) is 33.7 Å². The van der Waals surface area contributed by atoms with Crippen LogP contribution in [0.3, 0.4) is 0 Å². The van der Waals surface area contributed by atoms with E-state index in [0.29, 0.717) is 5.56 Å². The van der Waals surface area contributed by atoms with Gasteiger partial charge in [-0.2, -0.15) is 0 Å². The molecule has 0 unspecified atom stereocenters. The second-order valence-corrected chi connectivity index (χ2v) is 6.29. The summed E-state index contributed by atoms with van der Waals surface area (Å²) in [5, 5.41) is 8.90. The van der Waals surface area contributed by atoms with Crippen molar-refractivity contribution in [3.8, 4) is 0 Å². The number of hydrogen-bond acceptors (Lipinski definition) is 3. The van der Waals surface area contributed by atoms with Crippen LogP contribution in [0.5, 0.6) is 0 Å². The Morgan fingerprint density at radius 1 is 1.44 bits per heavy atom. The van der Waals surface area contributed by atoms with E-state index in [4.69, 9.17) is 28.3 Å². The van der Waals surface area contributed by atoms with E-state index >= 15 is 0 Å². The summed E-state index contributed by atoms with van der Waals surface area (Å²) in [5.41, 5.74) is 1.40. The van der Waals surface area contributed by atoms with Gasteiger partial charge in [0.25, 0.3) is 0 Å². The Balaban J connectivity index is 3.26. The average molecular weight is 309 g/mol. The van der Waals surface area contributed by atoms with Crippen LogP contribution in [0.4, 0.5) is 0 Å². The molecule has 18 heavy (non-hydrogen) atoms. The summed E-state index contributed by atoms with van der Waals surface area (Å²) in [6.45, 7) is 1.59. The molecule has 98 valence electrons. The predicted octanol–water partition coefficient (Wildman–Crippen LogP) is 2.79. The fourth-order valence-electron chi connectivity index (χ4n) is 1.32. The summed E-state index contributed by atoms with van der Waals surface area (Å²) < 4.78 is 23.8. The van der Waals surface area contributed by atoms with Gasteiger partial charge in [0.15, 0.2) is 9.84 Å². The number of carboxylic acid groups (broad SMARTS) is 1. The topological polar surface area (TPSA) is 71.4 Å². The molecule has 0 radical (unpaired) electrons. The highest BCUT2D eigenvalue weighted by molar-refractivity contribution is 7.91. The zero-order valence-corrected chi connectivity index (χ0v) is 11.7. The van der Waals surface area contributed by atoms with Crippen LogP contribution in [0, 0.1) is 6.92 Å². The van der Waals surface area contributed by atoms with Gasteiger partial charge in [-0.3, -0.25) is 0 Å². The van der Waals surface area contributed by atoms with E-state index in [1.54, 1.807) is 6.92 Å². The molecule has 0 atom stereocenters. The van der Waals surface area contributed by atoms with E-state index in [0.717, 1.165) is 11.6 Å². The van der Waals surface area contributed by atoms with Crippen molar-refractivity contribution in [3.05, 3.63) is 39.9 Å². The van der Waals surface area contributed by atoms with Crippen molar-refractivity contribution in [1.29, 1.82) is 0 Å². The number of hydrogen-bond donors (Lipinski definition) is 1. The Labute approximate surface area is 115 Å². The van der Waals surface area contributed by atoms with E-state index in [1.807, 2.05) is 0 Å². The van der Waals surface area contributed by atoms with E-state index < -0.39 is 21.6 Å². The maximum absolute atomic E-state index is 11.9. The number of carbonyl (C=O) groups is 1. The SMILES string of the molecule is Cc1ccc(S(=O)(=O)CC(Cl)=CCl)cc1C(=O)O. The molecular formula is C11H10Cl2O4S. The molecule has 0 saturated carbocycles.